The molecule has 1 heterocycles. The molecule has 1 rings (SSSR count). The summed E-state index contributed by atoms with van der Waals surface area (Å²) in [6.45, 7) is 7.19. The van der Waals surface area contributed by atoms with Gasteiger partial charge in [-0.3, -0.25) is 4.98 Å². The molecule has 0 amide bonds. The van der Waals surface area contributed by atoms with Gasteiger partial charge in [-0.1, -0.05) is 20.8 Å². The predicted molar refractivity (Wildman–Crippen MR) is 61.2 cm³/mol. The Balaban J connectivity index is 2.44. The molecule has 4 heteroatoms. The molecule has 3 nitrogen and oxygen atoms in total. The minimum atomic E-state index is 0.275. The molecule has 0 saturated carbocycles. The van der Waals surface area contributed by atoms with Gasteiger partial charge in [0.05, 0.1) is 24.4 Å². The Hall–Kier alpha value is -0.830. The number of rotatable bonds is 4. The van der Waals surface area contributed by atoms with E-state index in [-0.39, 0.29) is 5.41 Å². The van der Waals surface area contributed by atoms with Gasteiger partial charge in [-0.05, 0) is 11.8 Å². The number of ether oxygens (including phenoxy) is 1. The molecule has 0 saturated heterocycles. The maximum absolute atomic E-state index is 5.65. The van der Waals surface area contributed by atoms with Gasteiger partial charge < -0.3 is 4.74 Å². The lowest BCUT2D eigenvalue weighted by Crippen LogP contribution is -2.11. The molecule has 84 valence electrons. The van der Waals surface area contributed by atoms with E-state index in [1.807, 2.05) is 0 Å². The van der Waals surface area contributed by atoms with E-state index in [0.29, 0.717) is 18.4 Å². The van der Waals surface area contributed by atoms with Crippen LogP contribution in [-0.4, -0.2) is 16.6 Å². The van der Waals surface area contributed by atoms with Crippen molar-refractivity contribution in [2.24, 2.45) is 5.41 Å². The predicted octanol–water partition coefficient (Wildman–Crippen LogP) is 3.03. The quantitative estimate of drug-likeness (QED) is 0.743. The second-order valence-corrected chi connectivity index (χ2v) is 4.91. The van der Waals surface area contributed by atoms with Crippen molar-refractivity contribution in [3.63, 3.8) is 0 Å². The maximum atomic E-state index is 5.65. The Morgan fingerprint density at radius 3 is 2.67 bits per heavy atom. The van der Waals surface area contributed by atoms with Crippen LogP contribution in [0.1, 0.15) is 32.9 Å². The molecule has 0 aliphatic heterocycles. The van der Waals surface area contributed by atoms with Gasteiger partial charge in [-0.25, -0.2) is 4.98 Å². The average molecular weight is 229 g/mol. The molecular formula is C11H17ClN2O. The summed E-state index contributed by atoms with van der Waals surface area (Å²) >= 11 is 5.65. The fourth-order valence-electron chi connectivity index (χ4n) is 0.982. The van der Waals surface area contributed by atoms with Crippen molar-refractivity contribution in [3.05, 3.63) is 18.1 Å². The highest BCUT2D eigenvalue weighted by atomic mass is 35.5. The van der Waals surface area contributed by atoms with E-state index < -0.39 is 0 Å². The van der Waals surface area contributed by atoms with Gasteiger partial charge in [-0.15, -0.1) is 11.6 Å². The van der Waals surface area contributed by atoms with Crippen molar-refractivity contribution in [2.75, 3.05) is 6.61 Å². The third-order valence-electron chi connectivity index (χ3n) is 1.90. The van der Waals surface area contributed by atoms with Gasteiger partial charge >= 0.3 is 0 Å². The molecule has 0 radical (unpaired) electrons. The normalized spacial score (nSPS) is 11.5. The first-order valence-corrected chi connectivity index (χ1v) is 5.54. The molecule has 1 aromatic heterocycles. The number of hydrogen-bond acceptors (Lipinski definition) is 3. The van der Waals surface area contributed by atoms with E-state index in [1.54, 1.807) is 12.4 Å². The van der Waals surface area contributed by atoms with E-state index in [2.05, 4.69) is 30.7 Å². The van der Waals surface area contributed by atoms with Gasteiger partial charge in [-0.2, -0.15) is 0 Å². The average Bonchev–Trinajstić information content (AvgIpc) is 2.16. The van der Waals surface area contributed by atoms with Crippen LogP contribution in [0.4, 0.5) is 0 Å². The van der Waals surface area contributed by atoms with Crippen molar-refractivity contribution in [1.29, 1.82) is 0 Å². The smallest absolute Gasteiger partial charge is 0.232 e. The standard InChI is InChI=1S/C11H17ClN2O/c1-11(2,3)4-5-15-10-8-13-7-9(6-12)14-10/h7-8H,4-6H2,1-3H3. The lowest BCUT2D eigenvalue weighted by atomic mass is 9.93. The summed E-state index contributed by atoms with van der Waals surface area (Å²) in [4.78, 5) is 8.19. The second-order valence-electron chi connectivity index (χ2n) is 4.64. The zero-order valence-corrected chi connectivity index (χ0v) is 10.2. The molecule has 0 unspecified atom stereocenters. The number of alkyl halides is 1. The van der Waals surface area contributed by atoms with Crippen molar-refractivity contribution in [2.45, 2.75) is 33.1 Å². The van der Waals surface area contributed by atoms with Crippen LogP contribution in [-0.2, 0) is 5.88 Å². The fourth-order valence-corrected chi connectivity index (χ4v) is 1.11. The molecule has 0 atom stereocenters. The van der Waals surface area contributed by atoms with Gasteiger partial charge in [0.15, 0.2) is 0 Å². The van der Waals surface area contributed by atoms with Crippen LogP contribution in [0.15, 0.2) is 12.4 Å². The number of halogens is 1. The van der Waals surface area contributed by atoms with Gasteiger partial charge in [0, 0.05) is 6.20 Å². The summed E-state index contributed by atoms with van der Waals surface area (Å²) in [7, 11) is 0. The first-order valence-electron chi connectivity index (χ1n) is 5.01. The summed E-state index contributed by atoms with van der Waals surface area (Å²) in [6.07, 6.45) is 4.24. The molecule has 0 aliphatic rings. The minimum Gasteiger partial charge on any atom is -0.477 e. The number of nitrogens with zero attached hydrogens (tertiary/aromatic N) is 2. The van der Waals surface area contributed by atoms with Crippen molar-refractivity contribution in [3.8, 4) is 5.88 Å². The molecule has 0 aromatic carbocycles. The Kier molecular flexibility index (Phi) is 4.33. The Morgan fingerprint density at radius 1 is 1.33 bits per heavy atom. The number of aromatic nitrogens is 2. The summed E-state index contributed by atoms with van der Waals surface area (Å²) in [5.41, 5.74) is 1.02. The summed E-state index contributed by atoms with van der Waals surface area (Å²) < 4.78 is 5.49. The highest BCUT2D eigenvalue weighted by molar-refractivity contribution is 6.16. The molecule has 15 heavy (non-hydrogen) atoms. The molecule has 0 N–H and O–H groups in total. The zero-order chi connectivity index (χ0) is 11.3. The number of hydrogen-bond donors (Lipinski definition) is 0. The maximum Gasteiger partial charge on any atom is 0.232 e. The monoisotopic (exact) mass is 228 g/mol. The van der Waals surface area contributed by atoms with E-state index in [1.165, 1.54) is 0 Å². The van der Waals surface area contributed by atoms with E-state index in [4.69, 9.17) is 16.3 Å². The van der Waals surface area contributed by atoms with Crippen molar-refractivity contribution in [1.82, 2.24) is 9.97 Å². The van der Waals surface area contributed by atoms with Crippen LogP contribution in [0.2, 0.25) is 0 Å². The molecular weight excluding hydrogens is 212 g/mol. The molecule has 0 bridgehead atoms. The van der Waals surface area contributed by atoms with E-state index in [0.717, 1.165) is 12.1 Å². The van der Waals surface area contributed by atoms with Crippen LogP contribution in [0.5, 0.6) is 5.88 Å². The second kappa shape index (κ2) is 5.31. The van der Waals surface area contributed by atoms with Crippen LogP contribution in [0.3, 0.4) is 0 Å². The van der Waals surface area contributed by atoms with Gasteiger partial charge in [0.25, 0.3) is 0 Å². The third kappa shape index (κ3) is 4.98. The van der Waals surface area contributed by atoms with Crippen molar-refractivity contribution >= 4 is 11.6 Å². The minimum absolute atomic E-state index is 0.275. The zero-order valence-electron chi connectivity index (χ0n) is 9.46. The highest BCUT2D eigenvalue weighted by Crippen LogP contribution is 2.18. The fraction of sp³-hybridized carbons (Fsp3) is 0.636. The van der Waals surface area contributed by atoms with Gasteiger partial charge in [0.2, 0.25) is 5.88 Å². The Morgan fingerprint density at radius 2 is 2.07 bits per heavy atom. The summed E-state index contributed by atoms with van der Waals surface area (Å²) in [5, 5.41) is 0. The largest absolute Gasteiger partial charge is 0.477 e. The first-order chi connectivity index (χ1) is 7.01. The van der Waals surface area contributed by atoms with Crippen LogP contribution >= 0.6 is 11.6 Å². The van der Waals surface area contributed by atoms with Gasteiger partial charge in [0.1, 0.15) is 0 Å². The third-order valence-corrected chi connectivity index (χ3v) is 2.18. The molecule has 1 aromatic rings. The van der Waals surface area contributed by atoms with Crippen LogP contribution < -0.4 is 4.74 Å². The lowest BCUT2D eigenvalue weighted by molar-refractivity contribution is 0.235. The van der Waals surface area contributed by atoms with Crippen molar-refractivity contribution < 1.29 is 4.74 Å². The SMILES string of the molecule is CC(C)(C)CCOc1cncc(CCl)n1. The van der Waals surface area contributed by atoms with Crippen LogP contribution in [0.25, 0.3) is 0 Å². The lowest BCUT2D eigenvalue weighted by Gasteiger charge is -2.17. The Bertz CT molecular complexity index is 310. The van der Waals surface area contributed by atoms with E-state index in [9.17, 15) is 0 Å². The highest BCUT2D eigenvalue weighted by Gasteiger charge is 2.10. The molecule has 0 aliphatic carbocycles. The topological polar surface area (TPSA) is 35.0 Å². The molecule has 0 fully saturated rings. The first kappa shape index (κ1) is 12.2. The van der Waals surface area contributed by atoms with Crippen LogP contribution in [0, 0.1) is 5.41 Å². The van der Waals surface area contributed by atoms with E-state index >= 15 is 0 Å². The summed E-state index contributed by atoms with van der Waals surface area (Å²) in [5.74, 6) is 0.918. The Labute approximate surface area is 95.8 Å². The summed E-state index contributed by atoms with van der Waals surface area (Å²) in [6, 6.07) is 0. The molecule has 0 spiro atoms.